The second-order valence-corrected chi connectivity index (χ2v) is 3.97. The van der Waals surface area contributed by atoms with Gasteiger partial charge < -0.3 is 15.7 Å². The standard InChI is InChI=1S/C14H14N2O2/c1-16(10-6-8-11(17)9-7-10)14(18)12-4-2-3-5-13(12)15/h2-9,17H,15H2,1H3. The van der Waals surface area contributed by atoms with E-state index in [1.54, 1.807) is 43.4 Å². The summed E-state index contributed by atoms with van der Waals surface area (Å²) in [5.74, 6) is -0.0161. The summed E-state index contributed by atoms with van der Waals surface area (Å²) in [4.78, 5) is 13.7. The van der Waals surface area contributed by atoms with Crippen LogP contribution in [0.15, 0.2) is 48.5 Å². The van der Waals surface area contributed by atoms with E-state index in [2.05, 4.69) is 0 Å². The maximum Gasteiger partial charge on any atom is 0.260 e. The molecule has 0 unspecified atom stereocenters. The van der Waals surface area contributed by atoms with Crippen LogP contribution in [-0.2, 0) is 0 Å². The summed E-state index contributed by atoms with van der Waals surface area (Å²) in [5, 5.41) is 9.21. The van der Waals surface area contributed by atoms with E-state index in [1.165, 1.54) is 17.0 Å². The fourth-order valence-corrected chi connectivity index (χ4v) is 1.67. The largest absolute Gasteiger partial charge is 0.508 e. The van der Waals surface area contributed by atoms with Crippen molar-refractivity contribution in [2.75, 3.05) is 17.7 Å². The Balaban J connectivity index is 2.29. The van der Waals surface area contributed by atoms with Crippen LogP contribution in [0.2, 0.25) is 0 Å². The summed E-state index contributed by atoms with van der Waals surface area (Å²) in [5.41, 5.74) is 7.39. The molecule has 0 aliphatic carbocycles. The first-order valence-corrected chi connectivity index (χ1v) is 5.51. The molecule has 0 saturated carbocycles. The van der Waals surface area contributed by atoms with E-state index in [1.807, 2.05) is 0 Å². The zero-order valence-electron chi connectivity index (χ0n) is 10.00. The molecule has 0 aromatic heterocycles. The van der Waals surface area contributed by atoms with Gasteiger partial charge in [0.1, 0.15) is 5.75 Å². The summed E-state index contributed by atoms with van der Waals surface area (Å²) in [7, 11) is 1.67. The Labute approximate surface area is 105 Å². The highest BCUT2D eigenvalue weighted by Crippen LogP contribution is 2.20. The van der Waals surface area contributed by atoms with Crippen LogP contribution in [0.5, 0.6) is 5.75 Å². The Morgan fingerprint density at radius 1 is 1.11 bits per heavy atom. The van der Waals surface area contributed by atoms with E-state index >= 15 is 0 Å². The van der Waals surface area contributed by atoms with Gasteiger partial charge in [-0.15, -0.1) is 0 Å². The first kappa shape index (κ1) is 12.0. The number of phenolic OH excluding ortho intramolecular Hbond substituents is 1. The van der Waals surface area contributed by atoms with E-state index in [0.717, 1.165) is 0 Å². The topological polar surface area (TPSA) is 66.6 Å². The average Bonchev–Trinajstić information content (AvgIpc) is 2.38. The van der Waals surface area contributed by atoms with Crippen molar-refractivity contribution >= 4 is 17.3 Å². The number of nitrogen functional groups attached to an aromatic ring is 1. The van der Waals surface area contributed by atoms with Gasteiger partial charge in [-0.25, -0.2) is 0 Å². The molecule has 0 bridgehead atoms. The van der Waals surface area contributed by atoms with E-state index in [4.69, 9.17) is 5.73 Å². The van der Waals surface area contributed by atoms with Crippen molar-refractivity contribution in [3.05, 3.63) is 54.1 Å². The Bertz CT molecular complexity index is 564. The van der Waals surface area contributed by atoms with Gasteiger partial charge in [0, 0.05) is 18.4 Å². The number of rotatable bonds is 2. The Morgan fingerprint density at radius 3 is 2.33 bits per heavy atom. The van der Waals surface area contributed by atoms with Crippen LogP contribution in [0.1, 0.15) is 10.4 Å². The predicted octanol–water partition coefficient (Wildman–Crippen LogP) is 2.25. The summed E-state index contributed by atoms with van der Waals surface area (Å²) >= 11 is 0. The Kier molecular flexibility index (Phi) is 3.19. The molecule has 18 heavy (non-hydrogen) atoms. The molecule has 0 atom stereocenters. The molecule has 0 aliphatic rings. The minimum absolute atomic E-state index is 0.166. The van der Waals surface area contributed by atoms with Crippen molar-refractivity contribution in [2.24, 2.45) is 0 Å². The smallest absolute Gasteiger partial charge is 0.260 e. The highest BCUT2D eigenvalue weighted by atomic mass is 16.3. The molecule has 92 valence electrons. The zero-order chi connectivity index (χ0) is 13.1. The summed E-state index contributed by atoms with van der Waals surface area (Å²) in [6.45, 7) is 0. The third-order valence-electron chi connectivity index (χ3n) is 2.73. The highest BCUT2D eigenvalue weighted by Gasteiger charge is 2.15. The molecule has 2 aromatic carbocycles. The molecule has 2 aromatic rings. The Morgan fingerprint density at radius 2 is 1.72 bits per heavy atom. The van der Waals surface area contributed by atoms with Crippen molar-refractivity contribution in [2.45, 2.75) is 0 Å². The zero-order valence-corrected chi connectivity index (χ0v) is 10.00. The fraction of sp³-hybridized carbons (Fsp3) is 0.0714. The maximum absolute atomic E-state index is 12.2. The third kappa shape index (κ3) is 2.27. The predicted molar refractivity (Wildman–Crippen MR) is 71.7 cm³/mol. The van der Waals surface area contributed by atoms with Crippen molar-refractivity contribution < 1.29 is 9.90 Å². The van der Waals surface area contributed by atoms with Gasteiger partial charge in [0.05, 0.1) is 5.56 Å². The maximum atomic E-state index is 12.2. The van der Waals surface area contributed by atoms with E-state index in [9.17, 15) is 9.90 Å². The number of para-hydroxylation sites is 1. The first-order valence-electron chi connectivity index (χ1n) is 5.51. The van der Waals surface area contributed by atoms with Crippen LogP contribution in [0.3, 0.4) is 0 Å². The lowest BCUT2D eigenvalue weighted by molar-refractivity contribution is 0.0994. The van der Waals surface area contributed by atoms with Crippen molar-refractivity contribution in [3.63, 3.8) is 0 Å². The SMILES string of the molecule is CN(C(=O)c1ccccc1N)c1ccc(O)cc1. The fourth-order valence-electron chi connectivity index (χ4n) is 1.67. The lowest BCUT2D eigenvalue weighted by Crippen LogP contribution is -2.26. The molecule has 1 amide bonds. The highest BCUT2D eigenvalue weighted by molar-refractivity contribution is 6.08. The molecule has 0 heterocycles. The molecular formula is C14H14N2O2. The minimum atomic E-state index is -0.182. The number of aromatic hydroxyl groups is 1. The molecule has 3 N–H and O–H groups in total. The number of amides is 1. The van der Waals surface area contributed by atoms with Crippen molar-refractivity contribution in [1.29, 1.82) is 0 Å². The van der Waals surface area contributed by atoms with E-state index in [0.29, 0.717) is 16.9 Å². The van der Waals surface area contributed by atoms with Crippen molar-refractivity contribution in [3.8, 4) is 5.75 Å². The van der Waals surface area contributed by atoms with Gasteiger partial charge in [-0.2, -0.15) is 0 Å². The number of carbonyl (C=O) groups excluding carboxylic acids is 1. The minimum Gasteiger partial charge on any atom is -0.508 e. The van der Waals surface area contributed by atoms with Crippen LogP contribution < -0.4 is 10.6 Å². The number of hydrogen-bond acceptors (Lipinski definition) is 3. The van der Waals surface area contributed by atoms with Gasteiger partial charge in [-0.05, 0) is 36.4 Å². The molecule has 4 heteroatoms. The normalized spacial score (nSPS) is 10.1. The number of nitrogens with zero attached hydrogens (tertiary/aromatic N) is 1. The monoisotopic (exact) mass is 242 g/mol. The molecular weight excluding hydrogens is 228 g/mol. The van der Waals surface area contributed by atoms with Crippen molar-refractivity contribution in [1.82, 2.24) is 0 Å². The molecule has 0 spiro atoms. The van der Waals surface area contributed by atoms with Crippen LogP contribution in [-0.4, -0.2) is 18.1 Å². The number of carbonyl (C=O) groups is 1. The number of benzene rings is 2. The molecule has 0 fully saturated rings. The number of hydrogen-bond donors (Lipinski definition) is 2. The average molecular weight is 242 g/mol. The number of anilines is 2. The Hall–Kier alpha value is -2.49. The van der Waals surface area contributed by atoms with E-state index in [-0.39, 0.29) is 11.7 Å². The summed E-state index contributed by atoms with van der Waals surface area (Å²) < 4.78 is 0. The molecule has 0 aliphatic heterocycles. The van der Waals surface area contributed by atoms with Crippen LogP contribution in [0.25, 0.3) is 0 Å². The van der Waals surface area contributed by atoms with Gasteiger partial charge in [0.15, 0.2) is 0 Å². The van der Waals surface area contributed by atoms with Crippen LogP contribution in [0.4, 0.5) is 11.4 Å². The number of phenols is 1. The molecule has 2 rings (SSSR count). The van der Waals surface area contributed by atoms with Crippen LogP contribution in [0, 0.1) is 0 Å². The van der Waals surface area contributed by atoms with Gasteiger partial charge in [0.2, 0.25) is 0 Å². The molecule has 4 nitrogen and oxygen atoms in total. The van der Waals surface area contributed by atoms with E-state index < -0.39 is 0 Å². The van der Waals surface area contributed by atoms with Gasteiger partial charge in [0.25, 0.3) is 5.91 Å². The molecule has 0 saturated heterocycles. The first-order chi connectivity index (χ1) is 8.59. The lowest BCUT2D eigenvalue weighted by Gasteiger charge is -2.18. The summed E-state index contributed by atoms with van der Waals surface area (Å²) in [6.07, 6.45) is 0. The van der Waals surface area contributed by atoms with Gasteiger partial charge >= 0.3 is 0 Å². The third-order valence-corrected chi connectivity index (χ3v) is 2.73. The van der Waals surface area contributed by atoms with Gasteiger partial charge in [-0.1, -0.05) is 12.1 Å². The molecule has 0 radical (unpaired) electrons. The summed E-state index contributed by atoms with van der Waals surface area (Å²) in [6, 6.07) is 13.4. The van der Waals surface area contributed by atoms with Gasteiger partial charge in [-0.3, -0.25) is 4.79 Å². The quantitative estimate of drug-likeness (QED) is 0.794. The number of nitrogens with two attached hydrogens (primary N) is 1. The second kappa shape index (κ2) is 4.79. The second-order valence-electron chi connectivity index (χ2n) is 3.97. The lowest BCUT2D eigenvalue weighted by atomic mass is 10.1. The van der Waals surface area contributed by atoms with Crippen LogP contribution >= 0.6 is 0 Å².